The molecule has 1 aromatic carbocycles. The van der Waals surface area contributed by atoms with Crippen molar-refractivity contribution < 1.29 is 14.6 Å². The number of rotatable bonds is 5. The monoisotopic (exact) mass is 281 g/mol. The van der Waals surface area contributed by atoms with Crippen molar-refractivity contribution in [1.82, 2.24) is 5.32 Å². The molecule has 0 aliphatic carbocycles. The maximum Gasteiger partial charge on any atom is 0.321 e. The molecule has 2 unspecified atom stereocenters. The van der Waals surface area contributed by atoms with Crippen LogP contribution in [0.3, 0.4) is 0 Å². The Balaban J connectivity index is 1.81. The summed E-state index contributed by atoms with van der Waals surface area (Å²) in [5.41, 5.74) is 1.28. The third kappa shape index (κ3) is 3.88. The number of hydrogen-bond acceptors (Lipinski definition) is 4. The maximum atomic E-state index is 10.8. The van der Waals surface area contributed by atoms with E-state index in [4.69, 9.17) is 9.84 Å². The molecule has 19 heavy (non-hydrogen) atoms. The van der Waals surface area contributed by atoms with Crippen molar-refractivity contribution in [1.29, 1.82) is 0 Å². The van der Waals surface area contributed by atoms with Gasteiger partial charge in [-0.05, 0) is 23.6 Å². The minimum absolute atomic E-state index is 0.0471. The van der Waals surface area contributed by atoms with Gasteiger partial charge >= 0.3 is 5.97 Å². The maximum absolute atomic E-state index is 10.8. The molecule has 1 aliphatic rings. The van der Waals surface area contributed by atoms with E-state index in [-0.39, 0.29) is 5.37 Å². The van der Waals surface area contributed by atoms with E-state index in [1.807, 2.05) is 12.1 Å². The molecule has 104 valence electrons. The van der Waals surface area contributed by atoms with Crippen molar-refractivity contribution in [3.8, 4) is 5.75 Å². The van der Waals surface area contributed by atoms with Crippen LogP contribution in [0.5, 0.6) is 5.75 Å². The second kappa shape index (κ2) is 6.30. The van der Waals surface area contributed by atoms with E-state index < -0.39 is 12.0 Å². The van der Waals surface area contributed by atoms with Gasteiger partial charge in [-0.3, -0.25) is 10.1 Å². The second-order valence-electron chi connectivity index (χ2n) is 4.91. The van der Waals surface area contributed by atoms with Crippen molar-refractivity contribution in [2.75, 3.05) is 12.4 Å². The molecule has 1 fully saturated rings. The number of hydrogen-bond donors (Lipinski definition) is 2. The van der Waals surface area contributed by atoms with Gasteiger partial charge in [-0.25, -0.2) is 0 Å². The fraction of sp³-hybridized carbons (Fsp3) is 0.500. The first-order valence-electron chi connectivity index (χ1n) is 6.39. The Morgan fingerprint density at radius 3 is 2.68 bits per heavy atom. The highest BCUT2D eigenvalue weighted by atomic mass is 32.2. The van der Waals surface area contributed by atoms with Crippen LogP contribution in [-0.2, 0) is 4.79 Å². The van der Waals surface area contributed by atoms with Gasteiger partial charge in [0.1, 0.15) is 18.4 Å². The number of carbonyl (C=O) groups is 1. The molecule has 0 aromatic heterocycles. The molecule has 1 heterocycles. The molecule has 0 amide bonds. The number of carboxylic acid groups (broad SMARTS) is 1. The minimum Gasteiger partial charge on any atom is -0.491 e. The van der Waals surface area contributed by atoms with E-state index in [1.165, 1.54) is 5.56 Å². The summed E-state index contributed by atoms with van der Waals surface area (Å²) in [5.74, 6) is 1.13. The van der Waals surface area contributed by atoms with Crippen LogP contribution in [0.15, 0.2) is 24.3 Å². The molecule has 2 rings (SSSR count). The standard InChI is InChI=1S/C14H19NO3S/c1-9(2)10-3-5-11(6-4-10)18-7-13-15-12(8-19-13)14(16)17/h3-6,9,12-13,15H,7-8H2,1-2H3,(H,16,17). The molecular weight excluding hydrogens is 262 g/mol. The van der Waals surface area contributed by atoms with Crippen LogP contribution in [0, 0.1) is 0 Å². The van der Waals surface area contributed by atoms with Crippen molar-refractivity contribution >= 4 is 17.7 Å². The van der Waals surface area contributed by atoms with Crippen molar-refractivity contribution in [3.05, 3.63) is 29.8 Å². The van der Waals surface area contributed by atoms with E-state index in [9.17, 15) is 4.79 Å². The second-order valence-corrected chi connectivity index (χ2v) is 6.15. The smallest absolute Gasteiger partial charge is 0.321 e. The SMILES string of the molecule is CC(C)c1ccc(OCC2NC(C(=O)O)CS2)cc1. The highest BCUT2D eigenvalue weighted by Gasteiger charge is 2.29. The predicted molar refractivity (Wildman–Crippen MR) is 76.8 cm³/mol. The number of ether oxygens (including phenoxy) is 1. The Labute approximate surface area is 117 Å². The molecule has 2 atom stereocenters. The Morgan fingerprint density at radius 1 is 1.47 bits per heavy atom. The third-order valence-corrected chi connectivity index (χ3v) is 4.30. The summed E-state index contributed by atoms with van der Waals surface area (Å²) >= 11 is 1.59. The normalized spacial score (nSPS) is 22.7. The van der Waals surface area contributed by atoms with Gasteiger partial charge in [-0.2, -0.15) is 0 Å². The largest absolute Gasteiger partial charge is 0.491 e. The molecule has 0 radical (unpaired) electrons. The lowest BCUT2D eigenvalue weighted by Crippen LogP contribution is -2.38. The van der Waals surface area contributed by atoms with Gasteiger partial charge in [0, 0.05) is 5.75 Å². The molecule has 1 saturated heterocycles. The van der Waals surface area contributed by atoms with Crippen molar-refractivity contribution in [2.24, 2.45) is 0 Å². The van der Waals surface area contributed by atoms with Crippen LogP contribution in [0.2, 0.25) is 0 Å². The van der Waals surface area contributed by atoms with E-state index in [0.717, 1.165) is 5.75 Å². The Bertz CT molecular complexity index is 433. The molecule has 2 N–H and O–H groups in total. The van der Waals surface area contributed by atoms with Crippen LogP contribution in [0.1, 0.15) is 25.3 Å². The van der Waals surface area contributed by atoms with Crippen molar-refractivity contribution in [3.63, 3.8) is 0 Å². The Morgan fingerprint density at radius 2 is 2.16 bits per heavy atom. The van der Waals surface area contributed by atoms with Crippen molar-refractivity contribution in [2.45, 2.75) is 31.2 Å². The highest BCUT2D eigenvalue weighted by molar-refractivity contribution is 8.00. The lowest BCUT2D eigenvalue weighted by Gasteiger charge is -2.13. The summed E-state index contributed by atoms with van der Waals surface area (Å²) in [7, 11) is 0. The molecule has 1 aliphatic heterocycles. The van der Waals surface area contributed by atoms with Gasteiger partial charge in [0.05, 0.1) is 5.37 Å². The first-order chi connectivity index (χ1) is 9.06. The van der Waals surface area contributed by atoms with Gasteiger partial charge < -0.3 is 9.84 Å². The van der Waals surface area contributed by atoms with Gasteiger partial charge in [0.25, 0.3) is 0 Å². The first kappa shape index (κ1) is 14.2. The summed E-state index contributed by atoms with van der Waals surface area (Å²) in [6.45, 7) is 4.79. The van der Waals surface area contributed by atoms with Gasteiger partial charge in [-0.15, -0.1) is 11.8 Å². The number of carboxylic acids is 1. The van der Waals surface area contributed by atoms with E-state index in [1.54, 1.807) is 11.8 Å². The molecule has 0 saturated carbocycles. The quantitative estimate of drug-likeness (QED) is 0.867. The molecular formula is C14H19NO3S. The fourth-order valence-electron chi connectivity index (χ4n) is 1.89. The predicted octanol–water partition coefficient (Wildman–Crippen LogP) is 2.30. The van der Waals surface area contributed by atoms with E-state index in [2.05, 4.69) is 31.3 Å². The van der Waals surface area contributed by atoms with Gasteiger partial charge in [0.2, 0.25) is 0 Å². The summed E-state index contributed by atoms with van der Waals surface area (Å²) in [4.78, 5) is 10.8. The summed E-state index contributed by atoms with van der Waals surface area (Å²) in [5, 5.41) is 12.0. The topological polar surface area (TPSA) is 58.6 Å². The average molecular weight is 281 g/mol. The Kier molecular flexibility index (Phi) is 4.71. The molecule has 5 heteroatoms. The first-order valence-corrected chi connectivity index (χ1v) is 7.44. The summed E-state index contributed by atoms with van der Waals surface area (Å²) < 4.78 is 5.68. The molecule has 1 aromatic rings. The zero-order valence-corrected chi connectivity index (χ0v) is 11.9. The number of thioether (sulfide) groups is 1. The lowest BCUT2D eigenvalue weighted by molar-refractivity contribution is -0.138. The average Bonchev–Trinajstić information content (AvgIpc) is 2.86. The molecule has 4 nitrogen and oxygen atoms in total. The third-order valence-electron chi connectivity index (χ3n) is 3.10. The van der Waals surface area contributed by atoms with Gasteiger partial charge in [-0.1, -0.05) is 26.0 Å². The fourth-order valence-corrected chi connectivity index (χ4v) is 2.98. The van der Waals surface area contributed by atoms with Crippen LogP contribution in [0.25, 0.3) is 0 Å². The number of nitrogens with one attached hydrogen (secondary N) is 1. The van der Waals surface area contributed by atoms with Crippen LogP contribution >= 0.6 is 11.8 Å². The van der Waals surface area contributed by atoms with E-state index in [0.29, 0.717) is 18.3 Å². The van der Waals surface area contributed by atoms with Crippen LogP contribution in [0.4, 0.5) is 0 Å². The number of benzene rings is 1. The van der Waals surface area contributed by atoms with Crippen LogP contribution in [-0.4, -0.2) is 34.9 Å². The molecule has 0 spiro atoms. The number of aliphatic carboxylic acids is 1. The zero-order chi connectivity index (χ0) is 13.8. The van der Waals surface area contributed by atoms with Gasteiger partial charge in [0.15, 0.2) is 0 Å². The highest BCUT2D eigenvalue weighted by Crippen LogP contribution is 2.22. The minimum atomic E-state index is -0.795. The van der Waals surface area contributed by atoms with E-state index >= 15 is 0 Å². The lowest BCUT2D eigenvalue weighted by atomic mass is 10.0. The Hall–Kier alpha value is -1.20. The van der Waals surface area contributed by atoms with Crippen LogP contribution < -0.4 is 10.1 Å². The summed E-state index contributed by atoms with van der Waals surface area (Å²) in [6, 6.07) is 7.60. The zero-order valence-electron chi connectivity index (χ0n) is 11.1. The summed E-state index contributed by atoms with van der Waals surface area (Å²) in [6.07, 6.45) is 0. The molecule has 0 bridgehead atoms.